The molecule has 2 nitrogen and oxygen atoms in total. The molecule has 0 amide bonds. The Bertz CT molecular complexity index is 500. The third-order valence-corrected chi connectivity index (χ3v) is 2.93. The zero-order chi connectivity index (χ0) is 13.0. The fourth-order valence-corrected chi connectivity index (χ4v) is 1.91. The Kier molecular flexibility index (Phi) is 3.82. The molecule has 0 atom stereocenters. The van der Waals surface area contributed by atoms with Crippen molar-refractivity contribution in [2.45, 2.75) is 13.3 Å². The average Bonchev–Trinajstić information content (AvgIpc) is 2.35. The zero-order valence-corrected chi connectivity index (χ0v) is 10.4. The molecule has 0 radical (unpaired) electrons. The van der Waals surface area contributed by atoms with E-state index in [0.29, 0.717) is 0 Å². The second-order valence-corrected chi connectivity index (χ2v) is 4.34. The van der Waals surface area contributed by atoms with Gasteiger partial charge in [-0.1, -0.05) is 24.3 Å². The maximum absolute atomic E-state index is 12.7. The second-order valence-electron chi connectivity index (χ2n) is 4.34. The third kappa shape index (κ3) is 3.00. The van der Waals surface area contributed by atoms with Crippen molar-refractivity contribution in [1.29, 1.82) is 0 Å². The standard InChI is InChI=1S/C15H17FN2/c1-11-3-2-4-14(17)15(11)18-10-9-12-5-7-13(16)8-6-12/h2-8,18H,9-10,17H2,1H3. The maximum Gasteiger partial charge on any atom is 0.123 e. The molecule has 0 saturated heterocycles. The highest BCUT2D eigenvalue weighted by molar-refractivity contribution is 5.69. The van der Waals surface area contributed by atoms with Gasteiger partial charge in [0.15, 0.2) is 0 Å². The normalized spacial score (nSPS) is 10.3. The Morgan fingerprint density at radius 3 is 2.50 bits per heavy atom. The zero-order valence-electron chi connectivity index (χ0n) is 10.4. The molecular formula is C15H17FN2. The summed E-state index contributed by atoms with van der Waals surface area (Å²) in [6.07, 6.45) is 0.841. The molecule has 94 valence electrons. The van der Waals surface area contributed by atoms with Crippen LogP contribution in [-0.4, -0.2) is 6.54 Å². The molecule has 0 aliphatic heterocycles. The fraction of sp³-hybridized carbons (Fsp3) is 0.200. The first-order chi connectivity index (χ1) is 8.66. The van der Waals surface area contributed by atoms with E-state index in [2.05, 4.69) is 5.32 Å². The van der Waals surface area contributed by atoms with Gasteiger partial charge in [-0.15, -0.1) is 0 Å². The quantitative estimate of drug-likeness (QED) is 0.809. The number of rotatable bonds is 4. The van der Waals surface area contributed by atoms with E-state index in [1.54, 1.807) is 12.1 Å². The van der Waals surface area contributed by atoms with Gasteiger partial charge in [-0.25, -0.2) is 4.39 Å². The van der Waals surface area contributed by atoms with Crippen LogP contribution in [0.4, 0.5) is 15.8 Å². The molecule has 18 heavy (non-hydrogen) atoms. The Morgan fingerprint density at radius 2 is 1.83 bits per heavy atom. The number of hydrogen-bond donors (Lipinski definition) is 2. The maximum atomic E-state index is 12.7. The van der Waals surface area contributed by atoms with Crippen molar-refractivity contribution in [2.24, 2.45) is 0 Å². The van der Waals surface area contributed by atoms with Crippen molar-refractivity contribution in [2.75, 3.05) is 17.6 Å². The van der Waals surface area contributed by atoms with Gasteiger partial charge in [0.2, 0.25) is 0 Å². The predicted molar refractivity (Wildman–Crippen MR) is 74.2 cm³/mol. The van der Waals surface area contributed by atoms with E-state index in [1.807, 2.05) is 25.1 Å². The highest BCUT2D eigenvalue weighted by Crippen LogP contribution is 2.22. The van der Waals surface area contributed by atoms with Crippen LogP contribution in [0, 0.1) is 12.7 Å². The molecule has 0 unspecified atom stereocenters. The van der Waals surface area contributed by atoms with Crippen molar-refractivity contribution < 1.29 is 4.39 Å². The lowest BCUT2D eigenvalue weighted by Gasteiger charge is -2.12. The van der Waals surface area contributed by atoms with Crippen LogP contribution in [0.5, 0.6) is 0 Å². The molecule has 2 aromatic rings. The number of nitrogens with one attached hydrogen (secondary N) is 1. The summed E-state index contributed by atoms with van der Waals surface area (Å²) in [5, 5.41) is 3.33. The Labute approximate surface area is 107 Å². The number of hydrogen-bond acceptors (Lipinski definition) is 2. The molecule has 0 aliphatic carbocycles. The minimum atomic E-state index is -0.199. The number of para-hydroxylation sites is 1. The summed E-state index contributed by atoms with van der Waals surface area (Å²) in [6, 6.07) is 12.4. The van der Waals surface area contributed by atoms with E-state index in [9.17, 15) is 4.39 Å². The summed E-state index contributed by atoms with van der Waals surface area (Å²) in [7, 11) is 0. The van der Waals surface area contributed by atoms with E-state index >= 15 is 0 Å². The topological polar surface area (TPSA) is 38.0 Å². The highest BCUT2D eigenvalue weighted by atomic mass is 19.1. The van der Waals surface area contributed by atoms with E-state index in [-0.39, 0.29) is 5.82 Å². The van der Waals surface area contributed by atoms with Gasteiger partial charge in [0.25, 0.3) is 0 Å². The largest absolute Gasteiger partial charge is 0.397 e. The molecule has 0 spiro atoms. The predicted octanol–water partition coefficient (Wildman–Crippen LogP) is 3.37. The van der Waals surface area contributed by atoms with Gasteiger partial charge in [-0.3, -0.25) is 0 Å². The Balaban J connectivity index is 1.94. The van der Waals surface area contributed by atoms with Crippen LogP contribution in [0.25, 0.3) is 0 Å². The van der Waals surface area contributed by atoms with Crippen LogP contribution in [0.3, 0.4) is 0 Å². The number of nitrogen functional groups attached to an aromatic ring is 1. The summed E-state index contributed by atoms with van der Waals surface area (Å²) in [4.78, 5) is 0. The summed E-state index contributed by atoms with van der Waals surface area (Å²) in [5.74, 6) is -0.199. The monoisotopic (exact) mass is 244 g/mol. The minimum Gasteiger partial charge on any atom is -0.397 e. The van der Waals surface area contributed by atoms with Crippen LogP contribution < -0.4 is 11.1 Å². The second kappa shape index (κ2) is 5.54. The summed E-state index contributed by atoms with van der Waals surface area (Å²) in [6.45, 7) is 2.80. The molecule has 3 heteroatoms. The van der Waals surface area contributed by atoms with Crippen molar-refractivity contribution in [3.8, 4) is 0 Å². The first-order valence-electron chi connectivity index (χ1n) is 6.00. The molecule has 0 bridgehead atoms. The van der Waals surface area contributed by atoms with Gasteiger partial charge in [0, 0.05) is 6.54 Å². The number of anilines is 2. The molecule has 0 aliphatic rings. The lowest BCUT2D eigenvalue weighted by atomic mass is 10.1. The van der Waals surface area contributed by atoms with Crippen LogP contribution in [0.15, 0.2) is 42.5 Å². The molecule has 0 saturated carbocycles. The van der Waals surface area contributed by atoms with Crippen LogP contribution in [0.1, 0.15) is 11.1 Å². The first kappa shape index (κ1) is 12.4. The minimum absolute atomic E-state index is 0.199. The molecule has 3 N–H and O–H groups in total. The van der Waals surface area contributed by atoms with E-state index in [4.69, 9.17) is 5.73 Å². The van der Waals surface area contributed by atoms with E-state index in [1.165, 1.54) is 12.1 Å². The molecular weight excluding hydrogens is 227 g/mol. The van der Waals surface area contributed by atoms with E-state index in [0.717, 1.165) is 35.5 Å². The van der Waals surface area contributed by atoms with Crippen LogP contribution >= 0.6 is 0 Å². The molecule has 0 heterocycles. The number of aryl methyl sites for hydroxylation is 1. The van der Waals surface area contributed by atoms with Gasteiger partial charge in [0.1, 0.15) is 5.82 Å². The lowest BCUT2D eigenvalue weighted by molar-refractivity contribution is 0.627. The molecule has 0 fully saturated rings. The van der Waals surface area contributed by atoms with Crippen molar-refractivity contribution in [1.82, 2.24) is 0 Å². The molecule has 2 aromatic carbocycles. The van der Waals surface area contributed by atoms with Gasteiger partial charge in [-0.2, -0.15) is 0 Å². The van der Waals surface area contributed by atoms with Gasteiger partial charge in [-0.05, 0) is 42.7 Å². The smallest absolute Gasteiger partial charge is 0.123 e. The van der Waals surface area contributed by atoms with Crippen LogP contribution in [-0.2, 0) is 6.42 Å². The average molecular weight is 244 g/mol. The van der Waals surface area contributed by atoms with Crippen molar-refractivity contribution >= 4 is 11.4 Å². The van der Waals surface area contributed by atoms with Gasteiger partial charge in [0.05, 0.1) is 11.4 Å². The molecule has 0 aromatic heterocycles. The number of nitrogens with two attached hydrogens (primary N) is 1. The summed E-state index contributed by atoms with van der Waals surface area (Å²) >= 11 is 0. The van der Waals surface area contributed by atoms with E-state index < -0.39 is 0 Å². The lowest BCUT2D eigenvalue weighted by Crippen LogP contribution is -2.08. The Morgan fingerprint density at radius 1 is 1.11 bits per heavy atom. The number of halogens is 1. The highest BCUT2D eigenvalue weighted by Gasteiger charge is 2.01. The summed E-state index contributed by atoms with van der Waals surface area (Å²) in [5.41, 5.74) is 9.89. The Hall–Kier alpha value is -2.03. The number of benzene rings is 2. The van der Waals surface area contributed by atoms with Crippen LogP contribution in [0.2, 0.25) is 0 Å². The van der Waals surface area contributed by atoms with Crippen molar-refractivity contribution in [3.63, 3.8) is 0 Å². The van der Waals surface area contributed by atoms with Gasteiger partial charge < -0.3 is 11.1 Å². The van der Waals surface area contributed by atoms with Crippen molar-refractivity contribution in [3.05, 3.63) is 59.4 Å². The first-order valence-corrected chi connectivity index (χ1v) is 6.00. The van der Waals surface area contributed by atoms with Gasteiger partial charge >= 0.3 is 0 Å². The SMILES string of the molecule is Cc1cccc(N)c1NCCc1ccc(F)cc1. The summed E-state index contributed by atoms with van der Waals surface area (Å²) < 4.78 is 12.7. The fourth-order valence-electron chi connectivity index (χ4n) is 1.91. The molecule has 2 rings (SSSR count). The third-order valence-electron chi connectivity index (χ3n) is 2.93.